The number of rotatable bonds is 3. The monoisotopic (exact) mass is 347 g/mol. The van der Waals surface area contributed by atoms with Crippen LogP contribution in [0, 0.1) is 5.92 Å². The van der Waals surface area contributed by atoms with E-state index in [1.165, 1.54) is 0 Å². The van der Waals surface area contributed by atoms with Crippen LogP contribution in [0.2, 0.25) is 0 Å². The van der Waals surface area contributed by atoms with Gasteiger partial charge in [-0.25, -0.2) is 18.4 Å². The van der Waals surface area contributed by atoms with Gasteiger partial charge in [-0.15, -0.1) is 0 Å². The fourth-order valence-corrected chi connectivity index (χ4v) is 4.31. The van der Waals surface area contributed by atoms with Gasteiger partial charge in [0.15, 0.2) is 9.84 Å². The van der Waals surface area contributed by atoms with Crippen molar-refractivity contribution in [3.8, 4) is 0 Å². The summed E-state index contributed by atoms with van der Waals surface area (Å²) < 4.78 is 23.8. The predicted octanol–water partition coefficient (Wildman–Crippen LogP) is 1.92. The lowest BCUT2D eigenvalue weighted by molar-refractivity contribution is 0.600. The second-order valence-electron chi connectivity index (χ2n) is 5.43. The molecule has 2 N–H and O–H groups in total. The average molecular weight is 348 g/mol. The van der Waals surface area contributed by atoms with Gasteiger partial charge in [0.25, 0.3) is 0 Å². The lowest BCUT2D eigenvalue weighted by Gasteiger charge is -2.13. The molecule has 0 amide bonds. The Balaban J connectivity index is 2.34. The van der Waals surface area contributed by atoms with Crippen LogP contribution < -0.4 is 5.73 Å². The summed E-state index contributed by atoms with van der Waals surface area (Å²) in [5.41, 5.74) is 6.75. The Labute approximate surface area is 122 Å². The highest BCUT2D eigenvalue weighted by atomic mass is 79.9. The molecular formula is C12H18BrN3O2S. The smallest absolute Gasteiger partial charge is 0.151 e. The molecule has 5 nitrogen and oxygen atoms in total. The van der Waals surface area contributed by atoms with Crippen molar-refractivity contribution in [3.05, 3.63) is 16.0 Å². The van der Waals surface area contributed by atoms with Crippen LogP contribution in [0.3, 0.4) is 0 Å². The third-order valence-electron chi connectivity index (χ3n) is 3.16. The molecule has 1 aliphatic rings. The van der Waals surface area contributed by atoms with E-state index < -0.39 is 9.84 Å². The Hall–Kier alpha value is -0.690. The highest BCUT2D eigenvalue weighted by Gasteiger charge is 2.31. The maximum absolute atomic E-state index is 11.5. The van der Waals surface area contributed by atoms with Crippen LogP contribution in [0.5, 0.6) is 0 Å². The third-order valence-corrected chi connectivity index (χ3v) is 5.79. The van der Waals surface area contributed by atoms with E-state index in [0.29, 0.717) is 24.0 Å². The number of anilines is 1. The van der Waals surface area contributed by atoms with E-state index in [9.17, 15) is 8.42 Å². The first-order chi connectivity index (χ1) is 8.78. The first-order valence-corrected chi connectivity index (χ1v) is 8.92. The number of nitrogen functional groups attached to an aromatic ring is 1. The second kappa shape index (κ2) is 5.36. The van der Waals surface area contributed by atoms with Gasteiger partial charge in [0.05, 0.1) is 21.7 Å². The summed E-state index contributed by atoms with van der Waals surface area (Å²) in [4.78, 5) is 8.76. The molecule has 19 heavy (non-hydrogen) atoms. The van der Waals surface area contributed by atoms with E-state index in [-0.39, 0.29) is 17.4 Å². The van der Waals surface area contributed by atoms with Gasteiger partial charge in [-0.1, -0.05) is 13.8 Å². The molecule has 1 saturated heterocycles. The van der Waals surface area contributed by atoms with Gasteiger partial charge in [0, 0.05) is 5.92 Å². The summed E-state index contributed by atoms with van der Waals surface area (Å²) >= 11 is 3.41. The number of halogens is 1. The predicted molar refractivity (Wildman–Crippen MR) is 78.7 cm³/mol. The zero-order valence-electron chi connectivity index (χ0n) is 11.1. The molecule has 0 bridgehead atoms. The Morgan fingerprint density at radius 3 is 2.63 bits per heavy atom. The Bertz CT molecular complexity index is 587. The summed E-state index contributed by atoms with van der Waals surface area (Å²) in [6.45, 7) is 4.20. The Morgan fingerprint density at radius 2 is 2.11 bits per heavy atom. The summed E-state index contributed by atoms with van der Waals surface area (Å²) in [6.07, 6.45) is 1.38. The number of nitrogens with two attached hydrogens (primary N) is 1. The molecule has 1 aromatic heterocycles. The minimum absolute atomic E-state index is 0.119. The zero-order chi connectivity index (χ0) is 14.2. The molecule has 0 spiro atoms. The molecule has 106 valence electrons. The average Bonchev–Trinajstić information content (AvgIpc) is 2.64. The van der Waals surface area contributed by atoms with Crippen molar-refractivity contribution < 1.29 is 8.42 Å². The number of hydrogen-bond donors (Lipinski definition) is 1. The van der Waals surface area contributed by atoms with Crippen LogP contribution in [-0.2, 0) is 16.3 Å². The van der Waals surface area contributed by atoms with Crippen LogP contribution in [0.15, 0.2) is 4.47 Å². The van der Waals surface area contributed by atoms with Gasteiger partial charge in [0.2, 0.25) is 0 Å². The van der Waals surface area contributed by atoms with E-state index in [1.54, 1.807) is 0 Å². The highest BCUT2D eigenvalue weighted by molar-refractivity contribution is 9.10. The Morgan fingerprint density at radius 1 is 1.42 bits per heavy atom. The summed E-state index contributed by atoms with van der Waals surface area (Å²) in [6, 6.07) is 0. The van der Waals surface area contributed by atoms with E-state index in [2.05, 4.69) is 39.7 Å². The van der Waals surface area contributed by atoms with E-state index in [4.69, 9.17) is 5.73 Å². The lowest BCUT2D eigenvalue weighted by atomic mass is 10.1. The molecule has 1 aliphatic heterocycles. The van der Waals surface area contributed by atoms with Gasteiger partial charge in [-0.2, -0.15) is 0 Å². The quantitative estimate of drug-likeness (QED) is 0.902. The molecule has 1 atom stereocenters. The van der Waals surface area contributed by atoms with Crippen LogP contribution in [-0.4, -0.2) is 29.9 Å². The molecule has 0 radical (unpaired) electrons. The third kappa shape index (κ3) is 3.45. The molecule has 1 fully saturated rings. The zero-order valence-corrected chi connectivity index (χ0v) is 13.5. The molecule has 2 rings (SSSR count). The number of aromatic nitrogens is 2. The minimum Gasteiger partial charge on any atom is -0.383 e. The largest absolute Gasteiger partial charge is 0.383 e. The molecular weight excluding hydrogens is 330 g/mol. The normalized spacial score (nSPS) is 22.0. The molecule has 0 aliphatic carbocycles. The van der Waals surface area contributed by atoms with Gasteiger partial charge in [-0.3, -0.25) is 0 Å². The van der Waals surface area contributed by atoms with Crippen LogP contribution in [0.25, 0.3) is 0 Å². The SMILES string of the molecule is CC(C)Cc1nc(C2CCS(=O)(=O)C2)nc(N)c1Br. The molecule has 7 heteroatoms. The van der Waals surface area contributed by atoms with Gasteiger partial charge in [0.1, 0.15) is 11.6 Å². The number of sulfone groups is 1. The number of nitrogens with zero attached hydrogens (tertiary/aromatic N) is 2. The van der Waals surface area contributed by atoms with Crippen molar-refractivity contribution >= 4 is 31.6 Å². The lowest BCUT2D eigenvalue weighted by Crippen LogP contribution is -2.12. The summed E-state index contributed by atoms with van der Waals surface area (Å²) in [7, 11) is -2.94. The maximum Gasteiger partial charge on any atom is 0.151 e. The van der Waals surface area contributed by atoms with Crippen molar-refractivity contribution in [2.24, 2.45) is 5.92 Å². The number of hydrogen-bond acceptors (Lipinski definition) is 5. The molecule has 1 aromatic rings. The molecule has 0 aromatic carbocycles. The molecule has 0 saturated carbocycles. The first-order valence-electron chi connectivity index (χ1n) is 6.30. The standard InChI is InChI=1S/C12H18BrN3O2S/c1-7(2)5-9-10(13)11(14)16-12(15-9)8-3-4-19(17,18)6-8/h7-8H,3-6H2,1-2H3,(H2,14,15,16). The topological polar surface area (TPSA) is 85.9 Å². The van der Waals surface area contributed by atoms with Gasteiger partial charge < -0.3 is 5.73 Å². The van der Waals surface area contributed by atoms with Crippen molar-refractivity contribution in [2.75, 3.05) is 17.2 Å². The Kier molecular flexibility index (Phi) is 4.15. The van der Waals surface area contributed by atoms with Crippen molar-refractivity contribution in [2.45, 2.75) is 32.6 Å². The van der Waals surface area contributed by atoms with Crippen LogP contribution >= 0.6 is 15.9 Å². The summed E-state index contributed by atoms with van der Waals surface area (Å²) in [5.74, 6) is 1.64. The fraction of sp³-hybridized carbons (Fsp3) is 0.667. The fourth-order valence-electron chi connectivity index (χ4n) is 2.24. The first kappa shape index (κ1) is 14.7. The molecule has 1 unspecified atom stereocenters. The highest BCUT2D eigenvalue weighted by Crippen LogP contribution is 2.30. The van der Waals surface area contributed by atoms with Crippen molar-refractivity contribution in [1.29, 1.82) is 0 Å². The second-order valence-corrected chi connectivity index (χ2v) is 8.45. The van der Waals surface area contributed by atoms with Crippen molar-refractivity contribution in [3.63, 3.8) is 0 Å². The van der Waals surface area contributed by atoms with Crippen molar-refractivity contribution in [1.82, 2.24) is 9.97 Å². The van der Waals surface area contributed by atoms with Gasteiger partial charge >= 0.3 is 0 Å². The van der Waals surface area contributed by atoms with E-state index in [0.717, 1.165) is 16.6 Å². The maximum atomic E-state index is 11.5. The van der Waals surface area contributed by atoms with Crippen LogP contribution in [0.4, 0.5) is 5.82 Å². The van der Waals surface area contributed by atoms with Gasteiger partial charge in [-0.05, 0) is 34.7 Å². The van der Waals surface area contributed by atoms with E-state index >= 15 is 0 Å². The molecule has 2 heterocycles. The van der Waals surface area contributed by atoms with Crippen LogP contribution in [0.1, 0.15) is 37.7 Å². The van der Waals surface area contributed by atoms with E-state index in [1.807, 2.05) is 0 Å². The minimum atomic E-state index is -2.94. The summed E-state index contributed by atoms with van der Waals surface area (Å²) in [5, 5.41) is 0.